The van der Waals surface area contributed by atoms with Crippen LogP contribution in [0.2, 0.25) is 0 Å². The molecule has 1 atom stereocenters. The van der Waals surface area contributed by atoms with Gasteiger partial charge in [0.05, 0.1) is 25.4 Å². The molecule has 0 radical (unpaired) electrons. The predicted octanol–water partition coefficient (Wildman–Crippen LogP) is 4.03. The molecule has 4 fully saturated rings. The number of anilines is 1. The molecule has 8 rings (SSSR count). The van der Waals surface area contributed by atoms with Gasteiger partial charge in [-0.2, -0.15) is 0 Å². The Balaban J connectivity index is 0.643. The fraction of sp³-hybridized carbons (Fsp3) is 0.529. The van der Waals surface area contributed by atoms with Gasteiger partial charge in [0.25, 0.3) is 11.8 Å². The number of pyridine rings is 2. The summed E-state index contributed by atoms with van der Waals surface area (Å²) in [6.07, 6.45) is 16.1. The van der Waals surface area contributed by atoms with Crippen LogP contribution in [0.1, 0.15) is 89.6 Å². The highest BCUT2D eigenvalue weighted by atomic mass is 32.2. The number of imide groups is 1. The number of fused-ring (bicyclic) bond motifs is 1. The minimum atomic E-state index is -0.641. The third-order valence-electron chi connectivity index (χ3n) is 13.9. The number of carbonyl (C=O) groups is 6. The lowest BCUT2D eigenvalue weighted by Gasteiger charge is -2.43. The molecule has 368 valence electrons. The van der Waals surface area contributed by atoms with Crippen LogP contribution < -0.4 is 15.5 Å². The highest BCUT2D eigenvalue weighted by Gasteiger charge is 2.40. The van der Waals surface area contributed by atoms with Gasteiger partial charge >= 0.3 is 0 Å². The van der Waals surface area contributed by atoms with Gasteiger partial charge in [-0.3, -0.25) is 44.0 Å². The van der Waals surface area contributed by atoms with E-state index < -0.39 is 11.9 Å². The molecule has 6 amide bonds. The number of amides is 6. The van der Waals surface area contributed by atoms with Gasteiger partial charge in [0, 0.05) is 119 Å². The maximum Gasteiger partial charge on any atom is 0.255 e. The standard InChI is InChI=1S/C51H65N9O8S/c61-46(13-9-38-6-4-19-52-33-38)53-20-2-1-5-37-15-21-59(22-16-37)50(65)39-10-12-45(54-34-39)57-23-17-40(18-24-57)56-25-27-58(28-26-56)48(63)36-68-30-29-67-31-32-69-44-8-3-7-41-42(44)35-60(51(41)66)43-11-14-47(62)55-49(43)64/h3-4,6-10,12-13,19,33-34,37,40,43H,1-2,5,11,14-18,20-32,35-36H2,(H,53,61)(H,55,62,64)/b13-9+. The highest BCUT2D eigenvalue weighted by molar-refractivity contribution is 7.99. The Bertz CT molecular complexity index is 2280. The van der Waals surface area contributed by atoms with Crippen molar-refractivity contribution in [1.82, 2.24) is 40.2 Å². The molecule has 7 heterocycles. The average Bonchev–Trinajstić information content (AvgIpc) is 3.72. The summed E-state index contributed by atoms with van der Waals surface area (Å²) in [6.45, 7) is 8.50. The summed E-state index contributed by atoms with van der Waals surface area (Å²) in [6, 6.07) is 13.1. The lowest BCUT2D eigenvalue weighted by atomic mass is 9.91. The molecule has 3 aromatic rings. The molecule has 0 spiro atoms. The minimum Gasteiger partial charge on any atom is -0.378 e. The summed E-state index contributed by atoms with van der Waals surface area (Å²) in [7, 11) is 0. The Labute approximate surface area is 408 Å². The maximum atomic E-state index is 13.4. The smallest absolute Gasteiger partial charge is 0.255 e. The predicted molar refractivity (Wildman–Crippen MR) is 261 cm³/mol. The molecule has 0 saturated carbocycles. The number of piperidine rings is 3. The van der Waals surface area contributed by atoms with Crippen molar-refractivity contribution in [3.63, 3.8) is 0 Å². The first-order valence-corrected chi connectivity index (χ1v) is 25.6. The molecule has 0 aliphatic carbocycles. The summed E-state index contributed by atoms with van der Waals surface area (Å²) in [5, 5.41) is 5.31. The molecule has 4 saturated heterocycles. The molecule has 1 aromatic carbocycles. The van der Waals surface area contributed by atoms with E-state index in [4.69, 9.17) is 14.5 Å². The van der Waals surface area contributed by atoms with Gasteiger partial charge in [0.15, 0.2) is 0 Å². The number of unbranched alkanes of at least 4 members (excludes halogenated alkanes) is 1. The van der Waals surface area contributed by atoms with Crippen LogP contribution in [0.4, 0.5) is 5.82 Å². The number of likely N-dealkylation sites (tertiary alicyclic amines) is 1. The number of piperazine rings is 1. The largest absolute Gasteiger partial charge is 0.378 e. The SMILES string of the molecule is O=C(/C=C/c1cccnc1)NCCCCC1CCN(C(=O)c2ccc(N3CCC(N4CCN(C(=O)COCCOCCSc5cccc6c5CN(C5CCC(=O)NC5=O)C6=O)CC4)CC3)nc2)CC1. The van der Waals surface area contributed by atoms with Gasteiger partial charge < -0.3 is 34.4 Å². The van der Waals surface area contributed by atoms with E-state index in [1.165, 1.54) is 0 Å². The van der Waals surface area contributed by atoms with Gasteiger partial charge in [-0.1, -0.05) is 25.0 Å². The van der Waals surface area contributed by atoms with Gasteiger partial charge in [-0.25, -0.2) is 4.98 Å². The van der Waals surface area contributed by atoms with Crippen molar-refractivity contribution in [2.45, 2.75) is 81.3 Å². The minimum absolute atomic E-state index is 0.00561. The summed E-state index contributed by atoms with van der Waals surface area (Å²) >= 11 is 1.59. The first-order chi connectivity index (χ1) is 33.7. The molecule has 2 aromatic heterocycles. The molecular formula is C51H65N9O8S. The third-order valence-corrected chi connectivity index (χ3v) is 15.0. The van der Waals surface area contributed by atoms with E-state index in [2.05, 4.69) is 25.4 Å². The second kappa shape index (κ2) is 24.7. The quantitative estimate of drug-likeness (QED) is 0.0717. The second-order valence-corrected chi connectivity index (χ2v) is 19.5. The number of hydrogen-bond acceptors (Lipinski definition) is 13. The molecule has 18 heteroatoms. The number of thioether (sulfide) groups is 1. The number of ether oxygens (including phenoxy) is 2. The normalized spacial score (nSPS) is 19.6. The van der Waals surface area contributed by atoms with E-state index >= 15 is 0 Å². The van der Waals surface area contributed by atoms with Crippen LogP contribution in [0, 0.1) is 5.92 Å². The summed E-state index contributed by atoms with van der Waals surface area (Å²) < 4.78 is 11.5. The van der Waals surface area contributed by atoms with Crippen molar-refractivity contribution >= 4 is 59.1 Å². The molecular weight excluding hydrogens is 899 g/mol. The fourth-order valence-electron chi connectivity index (χ4n) is 9.95. The average molecular weight is 964 g/mol. The molecule has 1 unspecified atom stereocenters. The summed E-state index contributed by atoms with van der Waals surface area (Å²) in [5.74, 6) is 1.21. The fourth-order valence-corrected chi connectivity index (χ4v) is 10.9. The van der Waals surface area contributed by atoms with Gasteiger partial charge in [-0.15, -0.1) is 11.8 Å². The molecule has 17 nitrogen and oxygen atoms in total. The van der Waals surface area contributed by atoms with Crippen molar-refractivity contribution in [3.05, 3.63) is 89.4 Å². The number of hydrogen-bond donors (Lipinski definition) is 2. The van der Waals surface area contributed by atoms with E-state index in [1.807, 2.05) is 46.2 Å². The van der Waals surface area contributed by atoms with Gasteiger partial charge in [0.1, 0.15) is 18.5 Å². The molecule has 5 aliphatic rings. The second-order valence-electron chi connectivity index (χ2n) is 18.4. The number of nitrogens with one attached hydrogen (secondary N) is 2. The topological polar surface area (TPSA) is 187 Å². The van der Waals surface area contributed by atoms with Gasteiger partial charge in [-0.05, 0) is 92.0 Å². The first-order valence-electron chi connectivity index (χ1n) is 24.6. The van der Waals surface area contributed by atoms with Crippen LogP contribution in [0.15, 0.2) is 72.0 Å². The number of carbonyl (C=O) groups excluding carboxylic acids is 6. The molecule has 2 N–H and O–H groups in total. The lowest BCUT2D eigenvalue weighted by molar-refractivity contribution is -0.139. The van der Waals surface area contributed by atoms with Crippen LogP contribution in [-0.4, -0.2) is 168 Å². The van der Waals surface area contributed by atoms with Crippen molar-refractivity contribution in [1.29, 1.82) is 0 Å². The van der Waals surface area contributed by atoms with E-state index in [9.17, 15) is 28.8 Å². The maximum absolute atomic E-state index is 13.4. The lowest BCUT2D eigenvalue weighted by Crippen LogP contribution is -2.55. The van der Waals surface area contributed by atoms with Crippen LogP contribution in [0.3, 0.4) is 0 Å². The first kappa shape index (κ1) is 49.7. The van der Waals surface area contributed by atoms with Crippen LogP contribution >= 0.6 is 11.8 Å². The van der Waals surface area contributed by atoms with Crippen molar-refractivity contribution in [2.75, 3.05) is 96.0 Å². The zero-order valence-electron chi connectivity index (χ0n) is 39.4. The molecule has 69 heavy (non-hydrogen) atoms. The van der Waals surface area contributed by atoms with E-state index in [-0.39, 0.29) is 42.6 Å². The third kappa shape index (κ3) is 13.6. The monoisotopic (exact) mass is 963 g/mol. The van der Waals surface area contributed by atoms with Crippen LogP contribution in [0.25, 0.3) is 6.08 Å². The Morgan fingerprint density at radius 3 is 2.39 bits per heavy atom. The Hall–Kier alpha value is -5.69. The number of benzene rings is 1. The van der Waals surface area contributed by atoms with Gasteiger partial charge in [0.2, 0.25) is 23.6 Å². The number of rotatable bonds is 20. The Morgan fingerprint density at radius 1 is 0.826 bits per heavy atom. The van der Waals surface area contributed by atoms with Crippen LogP contribution in [0.5, 0.6) is 0 Å². The summed E-state index contributed by atoms with van der Waals surface area (Å²) in [5.41, 5.74) is 3.02. The van der Waals surface area contributed by atoms with E-state index in [0.717, 1.165) is 106 Å². The zero-order chi connectivity index (χ0) is 48.0. The van der Waals surface area contributed by atoms with Crippen molar-refractivity contribution in [3.8, 4) is 0 Å². The van der Waals surface area contributed by atoms with E-state index in [0.29, 0.717) is 81.3 Å². The zero-order valence-corrected chi connectivity index (χ0v) is 40.3. The molecule has 0 bridgehead atoms. The summed E-state index contributed by atoms with van der Waals surface area (Å²) in [4.78, 5) is 95.5. The van der Waals surface area contributed by atoms with E-state index in [1.54, 1.807) is 53.5 Å². The van der Waals surface area contributed by atoms with Crippen LogP contribution in [-0.2, 0) is 35.2 Å². The number of aromatic nitrogens is 2. The highest BCUT2D eigenvalue weighted by Crippen LogP contribution is 2.34. The number of nitrogens with zero attached hydrogens (tertiary/aromatic N) is 7. The Morgan fingerprint density at radius 2 is 1.64 bits per heavy atom. The van der Waals surface area contributed by atoms with Crippen molar-refractivity contribution in [2.24, 2.45) is 5.92 Å². The Kier molecular flexibility index (Phi) is 17.8. The van der Waals surface area contributed by atoms with Crippen molar-refractivity contribution < 1.29 is 38.2 Å². The molecule has 5 aliphatic heterocycles.